The molecule has 41 heavy (non-hydrogen) atoms. The van der Waals surface area contributed by atoms with Crippen LogP contribution in [0.5, 0.6) is 0 Å². The summed E-state index contributed by atoms with van der Waals surface area (Å²) in [5.74, 6) is 0.474. The van der Waals surface area contributed by atoms with Gasteiger partial charge in [-0.1, -0.05) is 79.8 Å². The Morgan fingerprint density at radius 2 is 1.66 bits per heavy atom. The van der Waals surface area contributed by atoms with Gasteiger partial charge in [-0.3, -0.25) is 4.79 Å². The summed E-state index contributed by atoms with van der Waals surface area (Å²) in [5.41, 5.74) is 11.4. The van der Waals surface area contributed by atoms with Gasteiger partial charge in [-0.25, -0.2) is 4.98 Å². The first-order chi connectivity index (χ1) is 20.0. The molecule has 4 aromatic rings. The maximum atomic E-state index is 13.8. The quantitative estimate of drug-likeness (QED) is 0.237. The molecule has 1 atom stereocenters. The molecule has 0 aliphatic heterocycles. The number of nitrogens with zero attached hydrogens (tertiary/aromatic N) is 2. The van der Waals surface area contributed by atoms with E-state index < -0.39 is 0 Å². The lowest BCUT2D eigenvalue weighted by atomic mass is 9.80. The average Bonchev–Trinajstić information content (AvgIpc) is 3.09. The first-order valence-electron chi connectivity index (χ1n) is 15.9. The molecule has 1 unspecified atom stereocenters. The third kappa shape index (κ3) is 5.98. The highest BCUT2D eigenvalue weighted by molar-refractivity contribution is 5.86. The van der Waals surface area contributed by atoms with E-state index in [-0.39, 0.29) is 11.8 Å². The topological polar surface area (TPSA) is 46.9 Å². The largest absolute Gasteiger partial charge is 0.351 e. The molecule has 0 spiro atoms. The number of carbonyl (C=O) groups is 1. The van der Waals surface area contributed by atoms with Crippen molar-refractivity contribution in [3.63, 3.8) is 0 Å². The van der Waals surface area contributed by atoms with Crippen LogP contribution in [0.25, 0.3) is 11.0 Å². The van der Waals surface area contributed by atoms with E-state index in [2.05, 4.69) is 85.3 Å². The minimum Gasteiger partial charge on any atom is -0.351 e. The zero-order valence-electron chi connectivity index (χ0n) is 25.1. The molecule has 0 radical (unpaired) electrons. The third-order valence-corrected chi connectivity index (χ3v) is 9.53. The Balaban J connectivity index is 1.27. The molecule has 4 heteroatoms. The lowest BCUT2D eigenvalue weighted by molar-refractivity contribution is -0.124. The minimum absolute atomic E-state index is 0.0981. The average molecular weight is 548 g/mol. The number of hydrogen-bond acceptors (Lipinski definition) is 2. The number of hydrogen-bond donors (Lipinski definition) is 1. The lowest BCUT2D eigenvalue weighted by Gasteiger charge is -2.26. The fraction of sp³-hybridized carbons (Fsp3) is 0.459. The molecule has 2 heterocycles. The Bertz CT molecular complexity index is 1520. The Morgan fingerprint density at radius 1 is 0.902 bits per heavy atom. The zero-order valence-corrected chi connectivity index (χ0v) is 25.1. The minimum atomic E-state index is -0.0981. The van der Waals surface area contributed by atoms with E-state index >= 15 is 0 Å². The van der Waals surface area contributed by atoms with Crippen molar-refractivity contribution in [1.29, 1.82) is 0 Å². The van der Waals surface area contributed by atoms with Crippen molar-refractivity contribution in [2.24, 2.45) is 5.92 Å². The first kappa shape index (κ1) is 27.8. The van der Waals surface area contributed by atoms with E-state index in [1.54, 1.807) is 0 Å². The van der Waals surface area contributed by atoms with E-state index in [1.165, 1.54) is 71.9 Å². The number of amides is 1. The van der Waals surface area contributed by atoms with Gasteiger partial charge in [0.25, 0.3) is 0 Å². The van der Waals surface area contributed by atoms with Gasteiger partial charge < -0.3 is 9.88 Å². The highest BCUT2D eigenvalue weighted by atomic mass is 16.1. The van der Waals surface area contributed by atoms with Crippen LogP contribution in [0.2, 0.25) is 0 Å². The SMILES string of the molecule is Cc1cccc(CNC(=O)C(c2ccc(Cn3c4c(c5c(C)cc(C)nc53)CCCC4)cc2)C2CCCCCC2)c1. The van der Waals surface area contributed by atoms with E-state index in [0.29, 0.717) is 12.5 Å². The zero-order chi connectivity index (χ0) is 28.3. The molecule has 6 rings (SSSR count). The monoisotopic (exact) mass is 547 g/mol. The van der Waals surface area contributed by atoms with Crippen LogP contribution in [0.1, 0.15) is 102 Å². The summed E-state index contributed by atoms with van der Waals surface area (Å²) in [5, 5.41) is 4.68. The van der Waals surface area contributed by atoms with Crippen LogP contribution in [-0.4, -0.2) is 15.5 Å². The van der Waals surface area contributed by atoms with Gasteiger partial charge in [0.15, 0.2) is 0 Å². The molecule has 1 N–H and O–H groups in total. The summed E-state index contributed by atoms with van der Waals surface area (Å²) in [7, 11) is 0. The normalized spacial score (nSPS) is 16.8. The molecule has 1 amide bonds. The van der Waals surface area contributed by atoms with E-state index in [0.717, 1.165) is 54.7 Å². The molecule has 2 aromatic heterocycles. The van der Waals surface area contributed by atoms with Crippen molar-refractivity contribution < 1.29 is 4.79 Å². The maximum Gasteiger partial charge on any atom is 0.228 e. The van der Waals surface area contributed by atoms with Crippen LogP contribution < -0.4 is 5.32 Å². The molecule has 0 bridgehead atoms. The Kier molecular flexibility index (Phi) is 8.27. The molecule has 2 aliphatic rings. The third-order valence-electron chi connectivity index (χ3n) is 9.53. The van der Waals surface area contributed by atoms with E-state index in [4.69, 9.17) is 4.98 Å². The van der Waals surface area contributed by atoms with Crippen molar-refractivity contribution in [2.45, 2.75) is 104 Å². The summed E-state index contributed by atoms with van der Waals surface area (Å²) >= 11 is 0. The van der Waals surface area contributed by atoms with Gasteiger partial charge in [-0.2, -0.15) is 0 Å². The van der Waals surface area contributed by atoms with Crippen molar-refractivity contribution in [3.05, 3.63) is 99.4 Å². The molecule has 0 saturated heterocycles. The van der Waals surface area contributed by atoms with Gasteiger partial charge in [-0.15, -0.1) is 0 Å². The van der Waals surface area contributed by atoms with Crippen LogP contribution in [0.3, 0.4) is 0 Å². The smallest absolute Gasteiger partial charge is 0.228 e. The Morgan fingerprint density at radius 3 is 2.41 bits per heavy atom. The van der Waals surface area contributed by atoms with Gasteiger partial charge in [0.05, 0.1) is 5.92 Å². The van der Waals surface area contributed by atoms with Gasteiger partial charge in [-0.05, 0) is 99.1 Å². The predicted octanol–water partition coefficient (Wildman–Crippen LogP) is 8.26. The number of aromatic nitrogens is 2. The van der Waals surface area contributed by atoms with Crippen LogP contribution in [0.15, 0.2) is 54.6 Å². The summed E-state index contributed by atoms with van der Waals surface area (Å²) in [4.78, 5) is 18.8. The number of pyridine rings is 1. The number of aryl methyl sites for hydroxylation is 4. The van der Waals surface area contributed by atoms with Crippen molar-refractivity contribution in [2.75, 3.05) is 0 Å². The molecule has 2 aromatic carbocycles. The first-order valence-corrected chi connectivity index (χ1v) is 15.9. The molecular weight excluding hydrogens is 502 g/mol. The fourth-order valence-electron chi connectivity index (χ4n) is 7.56. The van der Waals surface area contributed by atoms with Crippen LogP contribution in [0, 0.1) is 26.7 Å². The van der Waals surface area contributed by atoms with Crippen LogP contribution in [-0.2, 0) is 30.7 Å². The number of nitrogens with one attached hydrogen (secondary N) is 1. The van der Waals surface area contributed by atoms with E-state index in [9.17, 15) is 4.79 Å². The maximum absolute atomic E-state index is 13.8. The second kappa shape index (κ2) is 12.2. The van der Waals surface area contributed by atoms with Crippen LogP contribution in [0.4, 0.5) is 0 Å². The fourth-order valence-corrected chi connectivity index (χ4v) is 7.56. The lowest BCUT2D eigenvalue weighted by Crippen LogP contribution is -2.33. The standard InChI is InChI=1S/C37H45N3O/c1-25-11-10-12-29(21-25)23-38-37(41)35(30-13-6-4-5-7-14-30)31-19-17-28(18-20-31)24-40-33-16-9-8-15-32(33)34-26(2)22-27(3)39-36(34)40/h10-12,17-22,30,35H,4-9,13-16,23-24H2,1-3H3,(H,38,41). The van der Waals surface area contributed by atoms with Crippen LogP contribution >= 0.6 is 0 Å². The van der Waals surface area contributed by atoms with Gasteiger partial charge in [0, 0.05) is 29.9 Å². The van der Waals surface area contributed by atoms with Crippen molar-refractivity contribution in [1.82, 2.24) is 14.9 Å². The second-order valence-corrected chi connectivity index (χ2v) is 12.7. The van der Waals surface area contributed by atoms with Gasteiger partial charge >= 0.3 is 0 Å². The summed E-state index contributed by atoms with van der Waals surface area (Å²) in [6, 6.07) is 19.7. The molecule has 2 aliphatic carbocycles. The van der Waals surface area contributed by atoms with Gasteiger partial charge in [0.1, 0.15) is 5.65 Å². The number of rotatable bonds is 7. The number of fused-ring (bicyclic) bond motifs is 3. The number of carbonyl (C=O) groups excluding carboxylic acids is 1. The summed E-state index contributed by atoms with van der Waals surface area (Å²) in [6.07, 6.45) is 12.1. The molecular formula is C37H45N3O. The summed E-state index contributed by atoms with van der Waals surface area (Å²) < 4.78 is 2.48. The summed E-state index contributed by atoms with van der Waals surface area (Å²) in [6.45, 7) is 7.86. The van der Waals surface area contributed by atoms with Crippen molar-refractivity contribution in [3.8, 4) is 0 Å². The second-order valence-electron chi connectivity index (χ2n) is 12.7. The highest BCUT2D eigenvalue weighted by Crippen LogP contribution is 2.37. The van der Waals surface area contributed by atoms with Crippen molar-refractivity contribution >= 4 is 16.9 Å². The molecule has 4 nitrogen and oxygen atoms in total. The van der Waals surface area contributed by atoms with Gasteiger partial charge in [0.2, 0.25) is 5.91 Å². The number of benzene rings is 2. The Hall–Kier alpha value is -3.40. The van der Waals surface area contributed by atoms with E-state index in [1.807, 2.05) is 0 Å². The predicted molar refractivity (Wildman–Crippen MR) is 168 cm³/mol. The Labute approximate surface area is 245 Å². The highest BCUT2D eigenvalue weighted by Gasteiger charge is 2.30. The molecule has 214 valence electrons. The molecule has 1 fully saturated rings. The molecule has 1 saturated carbocycles.